The predicted octanol–water partition coefficient (Wildman–Crippen LogP) is 0.899. The van der Waals surface area contributed by atoms with Crippen LogP contribution < -0.4 is 4.83 Å². The van der Waals surface area contributed by atoms with Crippen LogP contribution in [0.1, 0.15) is 27.7 Å². The highest BCUT2D eigenvalue weighted by Crippen LogP contribution is 2.00. The van der Waals surface area contributed by atoms with E-state index in [1.807, 2.05) is 0 Å². The molecule has 5 heteroatoms. The summed E-state index contributed by atoms with van der Waals surface area (Å²) < 4.78 is 20.8. The molecule has 0 aliphatic rings. The standard InChI is InChI=1S/C8H20N2O2S/c1-7(2)5-10(6-8(3)4)9-13(11)12/h7-9H,5-6H2,1-4H3,(H,11,12)/p-1. The second kappa shape index (κ2) is 6.48. The smallest absolute Gasteiger partial charge is 0.0326 e. The van der Waals surface area contributed by atoms with E-state index in [1.54, 1.807) is 5.01 Å². The van der Waals surface area contributed by atoms with Crippen molar-refractivity contribution in [1.29, 1.82) is 0 Å². The van der Waals surface area contributed by atoms with Crippen LogP contribution in [-0.2, 0) is 11.3 Å². The summed E-state index contributed by atoms with van der Waals surface area (Å²) >= 11 is -2.20. The molecule has 0 aliphatic heterocycles. The van der Waals surface area contributed by atoms with Crippen molar-refractivity contribution in [2.24, 2.45) is 11.8 Å². The molecule has 13 heavy (non-hydrogen) atoms. The number of nitrogens with one attached hydrogen (secondary N) is 1. The predicted molar refractivity (Wildman–Crippen MR) is 53.3 cm³/mol. The number of hydrogen-bond donors (Lipinski definition) is 1. The molecule has 0 aromatic carbocycles. The van der Waals surface area contributed by atoms with E-state index in [0.717, 1.165) is 13.1 Å². The minimum absolute atomic E-state index is 0.454. The number of hydrogen-bond acceptors (Lipinski definition) is 3. The third kappa shape index (κ3) is 8.36. The average Bonchev–Trinajstić information content (AvgIpc) is 1.80. The maximum absolute atomic E-state index is 10.4. The van der Waals surface area contributed by atoms with Gasteiger partial charge in [0.15, 0.2) is 0 Å². The van der Waals surface area contributed by atoms with Gasteiger partial charge in [0.1, 0.15) is 0 Å². The fraction of sp³-hybridized carbons (Fsp3) is 1.00. The summed E-state index contributed by atoms with van der Waals surface area (Å²) in [6.45, 7) is 9.72. The first-order valence-electron chi connectivity index (χ1n) is 4.52. The second-order valence-corrected chi connectivity index (χ2v) is 4.67. The van der Waals surface area contributed by atoms with Gasteiger partial charge in [0.2, 0.25) is 0 Å². The summed E-state index contributed by atoms with van der Waals surface area (Å²) in [4.78, 5) is 2.39. The largest absolute Gasteiger partial charge is 0.759 e. The zero-order valence-corrected chi connectivity index (χ0v) is 9.56. The molecule has 1 atom stereocenters. The van der Waals surface area contributed by atoms with Gasteiger partial charge in [-0.15, -0.1) is 0 Å². The Morgan fingerprint density at radius 2 is 1.62 bits per heavy atom. The number of rotatable bonds is 6. The molecule has 0 amide bonds. The molecule has 0 aliphatic carbocycles. The van der Waals surface area contributed by atoms with E-state index in [4.69, 9.17) is 0 Å². The second-order valence-electron chi connectivity index (χ2n) is 4.02. The molecule has 0 saturated carbocycles. The lowest BCUT2D eigenvalue weighted by molar-refractivity contribution is 0.189. The Morgan fingerprint density at radius 3 is 1.85 bits per heavy atom. The Morgan fingerprint density at radius 1 is 1.23 bits per heavy atom. The van der Waals surface area contributed by atoms with Crippen LogP contribution >= 0.6 is 0 Å². The van der Waals surface area contributed by atoms with Crippen molar-refractivity contribution in [1.82, 2.24) is 9.84 Å². The Kier molecular flexibility index (Phi) is 6.49. The summed E-state index contributed by atoms with van der Waals surface area (Å²) in [6.07, 6.45) is 0. The average molecular weight is 207 g/mol. The van der Waals surface area contributed by atoms with Crippen LogP contribution in [0.5, 0.6) is 0 Å². The first-order chi connectivity index (χ1) is 5.91. The van der Waals surface area contributed by atoms with E-state index in [9.17, 15) is 8.76 Å². The molecule has 0 bridgehead atoms. The van der Waals surface area contributed by atoms with Crippen LogP contribution in [0.4, 0.5) is 0 Å². The molecular weight excluding hydrogens is 188 g/mol. The van der Waals surface area contributed by atoms with Crippen molar-refractivity contribution in [2.75, 3.05) is 13.1 Å². The summed E-state index contributed by atoms with van der Waals surface area (Å²) in [5, 5.41) is 1.73. The van der Waals surface area contributed by atoms with Crippen molar-refractivity contribution in [3.63, 3.8) is 0 Å². The number of hydrazine groups is 1. The molecule has 1 unspecified atom stereocenters. The monoisotopic (exact) mass is 207 g/mol. The summed E-state index contributed by atoms with van der Waals surface area (Å²) in [7, 11) is 0. The molecule has 0 rings (SSSR count). The van der Waals surface area contributed by atoms with Crippen LogP contribution in [0, 0.1) is 11.8 Å². The van der Waals surface area contributed by atoms with Gasteiger partial charge in [-0.2, -0.15) is 4.83 Å². The highest BCUT2D eigenvalue weighted by Gasteiger charge is 2.08. The zero-order chi connectivity index (χ0) is 10.4. The lowest BCUT2D eigenvalue weighted by Gasteiger charge is -2.27. The van der Waals surface area contributed by atoms with Crippen LogP contribution in [0.3, 0.4) is 0 Å². The van der Waals surface area contributed by atoms with Gasteiger partial charge in [0, 0.05) is 24.4 Å². The van der Waals surface area contributed by atoms with Crippen molar-refractivity contribution >= 4 is 11.3 Å². The first kappa shape index (κ1) is 13.0. The maximum Gasteiger partial charge on any atom is 0.0326 e. The van der Waals surface area contributed by atoms with E-state index in [2.05, 4.69) is 32.5 Å². The Labute approximate surface area is 83.1 Å². The van der Waals surface area contributed by atoms with E-state index in [-0.39, 0.29) is 0 Å². The quantitative estimate of drug-likeness (QED) is 0.520. The molecule has 0 aromatic rings. The normalized spacial score (nSPS) is 14.5. The molecule has 4 nitrogen and oxygen atoms in total. The fourth-order valence-corrected chi connectivity index (χ4v) is 1.50. The van der Waals surface area contributed by atoms with Crippen molar-refractivity contribution < 1.29 is 8.76 Å². The van der Waals surface area contributed by atoms with Gasteiger partial charge in [-0.1, -0.05) is 27.7 Å². The third-order valence-corrected chi connectivity index (χ3v) is 1.78. The Balaban J connectivity index is 3.95. The third-order valence-electron chi connectivity index (χ3n) is 1.37. The van der Waals surface area contributed by atoms with Crippen LogP contribution in [0.15, 0.2) is 0 Å². The van der Waals surface area contributed by atoms with Gasteiger partial charge in [-0.05, 0) is 11.8 Å². The van der Waals surface area contributed by atoms with Gasteiger partial charge in [-0.25, -0.2) is 5.01 Å². The molecule has 0 saturated heterocycles. The minimum Gasteiger partial charge on any atom is -0.759 e. The van der Waals surface area contributed by atoms with E-state index in [0.29, 0.717) is 11.8 Å². The summed E-state index contributed by atoms with van der Waals surface area (Å²) in [5.41, 5.74) is 0. The molecule has 1 N–H and O–H groups in total. The van der Waals surface area contributed by atoms with E-state index in [1.165, 1.54) is 0 Å². The van der Waals surface area contributed by atoms with Crippen LogP contribution in [0.2, 0.25) is 0 Å². The molecule has 0 aromatic heterocycles. The molecule has 0 spiro atoms. The van der Waals surface area contributed by atoms with Gasteiger partial charge in [0.25, 0.3) is 0 Å². The SMILES string of the molecule is CC(C)CN(CC(C)C)NS(=O)[O-]. The minimum atomic E-state index is -2.20. The van der Waals surface area contributed by atoms with E-state index >= 15 is 0 Å². The maximum atomic E-state index is 10.4. The van der Waals surface area contributed by atoms with Crippen molar-refractivity contribution in [3.8, 4) is 0 Å². The highest BCUT2D eigenvalue weighted by atomic mass is 32.2. The zero-order valence-electron chi connectivity index (χ0n) is 8.74. The Bertz CT molecular complexity index is 152. The fourth-order valence-electron chi connectivity index (χ4n) is 1.14. The first-order valence-corrected chi connectivity index (χ1v) is 5.59. The topological polar surface area (TPSA) is 55.4 Å². The summed E-state index contributed by atoms with van der Waals surface area (Å²) in [6, 6.07) is 0. The van der Waals surface area contributed by atoms with Crippen molar-refractivity contribution in [2.45, 2.75) is 27.7 Å². The van der Waals surface area contributed by atoms with Crippen molar-refractivity contribution in [3.05, 3.63) is 0 Å². The number of nitrogens with zero attached hydrogens (tertiary/aromatic N) is 1. The lowest BCUT2D eigenvalue weighted by atomic mass is 10.2. The van der Waals surface area contributed by atoms with E-state index < -0.39 is 11.3 Å². The molecule has 0 heterocycles. The highest BCUT2D eigenvalue weighted by molar-refractivity contribution is 7.76. The van der Waals surface area contributed by atoms with Crippen LogP contribution in [-0.4, -0.2) is 26.9 Å². The van der Waals surface area contributed by atoms with Gasteiger partial charge >= 0.3 is 0 Å². The molecule has 80 valence electrons. The Hall–Kier alpha value is 0.0300. The molecule has 0 fully saturated rings. The van der Waals surface area contributed by atoms with Gasteiger partial charge < -0.3 is 4.55 Å². The lowest BCUT2D eigenvalue weighted by Crippen LogP contribution is -2.43. The molecule has 0 radical (unpaired) electrons. The summed E-state index contributed by atoms with van der Waals surface area (Å²) in [5.74, 6) is 0.907. The van der Waals surface area contributed by atoms with Gasteiger partial charge in [-0.3, -0.25) is 4.21 Å². The molecular formula is C8H19N2O2S-. The van der Waals surface area contributed by atoms with Gasteiger partial charge in [0.05, 0.1) is 0 Å². The van der Waals surface area contributed by atoms with Crippen LogP contribution in [0.25, 0.3) is 0 Å².